The zero-order valence-electron chi connectivity index (χ0n) is 11.6. The Morgan fingerprint density at radius 3 is 2.85 bits per heavy atom. The molecule has 1 aromatic carbocycles. The Kier molecular flexibility index (Phi) is 4.52. The highest BCUT2D eigenvalue weighted by Crippen LogP contribution is 2.26. The molecule has 5 nitrogen and oxygen atoms in total. The average Bonchev–Trinajstić information content (AvgIpc) is 2.71. The molecule has 0 aliphatic carbocycles. The lowest BCUT2D eigenvalue weighted by Crippen LogP contribution is -2.41. The summed E-state index contributed by atoms with van der Waals surface area (Å²) in [4.78, 5) is 16.2. The lowest BCUT2D eigenvalue weighted by atomic mass is 10.1. The summed E-state index contributed by atoms with van der Waals surface area (Å²) in [5.74, 6) is -0.254. The molecule has 0 bridgehead atoms. The zero-order chi connectivity index (χ0) is 14.9. The Labute approximate surface area is 123 Å². The number of β-amino-alcohol motifs (C(OH)–C–C–N with tert-alkyl or cyclic N) is 1. The summed E-state index contributed by atoms with van der Waals surface area (Å²) in [6, 6.07) is 4.25. The molecule has 6 heteroatoms. The predicted octanol–water partition coefficient (Wildman–Crippen LogP) is 1.18. The molecule has 2 rings (SSSR count). The number of nitrogens with zero attached hydrogens (tertiary/aromatic N) is 2. The largest absolute Gasteiger partial charge is 0.508 e. The summed E-state index contributed by atoms with van der Waals surface area (Å²) in [6.07, 6.45) is 0.0420. The molecular formula is C14H19ClN2O3. The number of amides is 1. The predicted molar refractivity (Wildman–Crippen MR) is 77.1 cm³/mol. The van der Waals surface area contributed by atoms with Crippen molar-refractivity contribution in [2.75, 3.05) is 27.2 Å². The van der Waals surface area contributed by atoms with Crippen LogP contribution in [0.4, 0.5) is 0 Å². The number of phenols is 1. The van der Waals surface area contributed by atoms with E-state index in [0.29, 0.717) is 24.5 Å². The Morgan fingerprint density at radius 2 is 2.20 bits per heavy atom. The van der Waals surface area contributed by atoms with Crippen molar-refractivity contribution in [3.05, 3.63) is 28.8 Å². The first-order chi connectivity index (χ1) is 9.38. The first-order valence-electron chi connectivity index (χ1n) is 6.50. The minimum Gasteiger partial charge on any atom is -0.508 e. The fourth-order valence-electron chi connectivity index (χ4n) is 2.57. The molecule has 110 valence electrons. The van der Waals surface area contributed by atoms with E-state index in [0.717, 1.165) is 0 Å². The highest BCUT2D eigenvalue weighted by atomic mass is 35.5. The number of rotatable bonds is 3. The van der Waals surface area contributed by atoms with Gasteiger partial charge in [-0.1, -0.05) is 11.6 Å². The van der Waals surface area contributed by atoms with Gasteiger partial charge >= 0.3 is 0 Å². The Bertz CT molecular complexity index is 507. The quantitative estimate of drug-likeness (QED) is 0.880. The number of aliphatic hydroxyl groups excluding tert-OH is 1. The molecule has 0 aromatic heterocycles. The van der Waals surface area contributed by atoms with E-state index in [1.54, 1.807) is 4.90 Å². The van der Waals surface area contributed by atoms with E-state index in [9.17, 15) is 15.0 Å². The topological polar surface area (TPSA) is 64.0 Å². The summed E-state index contributed by atoms with van der Waals surface area (Å²) < 4.78 is 0. The summed E-state index contributed by atoms with van der Waals surface area (Å²) in [5, 5.41) is 19.6. The van der Waals surface area contributed by atoms with Crippen molar-refractivity contribution in [2.24, 2.45) is 0 Å². The normalized spacial score (nSPS) is 22.6. The van der Waals surface area contributed by atoms with Gasteiger partial charge in [0.2, 0.25) is 0 Å². The molecule has 0 radical (unpaired) electrons. The number of hydrogen-bond donors (Lipinski definition) is 2. The number of likely N-dealkylation sites (N-methyl/N-ethyl adjacent to an activating group) is 1. The molecule has 2 N–H and O–H groups in total. The third kappa shape index (κ3) is 3.23. The molecule has 20 heavy (non-hydrogen) atoms. The molecule has 1 amide bonds. The smallest absolute Gasteiger partial charge is 0.255 e. The average molecular weight is 299 g/mol. The number of aromatic hydroxyl groups is 1. The number of carbonyl (C=O) groups is 1. The summed E-state index contributed by atoms with van der Waals surface area (Å²) >= 11 is 6.03. The van der Waals surface area contributed by atoms with Crippen LogP contribution in [-0.2, 0) is 0 Å². The maximum Gasteiger partial charge on any atom is 0.255 e. The Balaban J connectivity index is 2.24. The van der Waals surface area contributed by atoms with Crippen molar-refractivity contribution < 1.29 is 15.0 Å². The number of aliphatic hydroxyl groups is 1. The van der Waals surface area contributed by atoms with Crippen LogP contribution in [0.25, 0.3) is 0 Å². The maximum absolute atomic E-state index is 12.6. The Morgan fingerprint density at radius 1 is 1.50 bits per heavy atom. The first kappa shape index (κ1) is 15.1. The van der Waals surface area contributed by atoms with E-state index in [4.69, 9.17) is 11.6 Å². The molecule has 1 heterocycles. The van der Waals surface area contributed by atoms with Gasteiger partial charge < -0.3 is 20.0 Å². The number of carbonyl (C=O) groups excluding carboxylic acids is 1. The van der Waals surface area contributed by atoms with E-state index in [2.05, 4.69) is 0 Å². The lowest BCUT2D eigenvalue weighted by molar-refractivity contribution is 0.0699. The molecule has 1 aromatic rings. The molecular weight excluding hydrogens is 280 g/mol. The molecule has 1 aliphatic rings. The third-order valence-electron chi connectivity index (χ3n) is 3.41. The van der Waals surface area contributed by atoms with Crippen molar-refractivity contribution in [1.82, 2.24) is 9.80 Å². The van der Waals surface area contributed by atoms with Gasteiger partial charge in [-0.3, -0.25) is 4.79 Å². The van der Waals surface area contributed by atoms with Crippen molar-refractivity contribution >= 4 is 17.5 Å². The minimum atomic E-state index is -0.514. The standard InChI is InChI=1S/C14H19ClN2O3/c1-16(2)7-9-5-11(19)8-17(9)14(20)12-6-10(18)3-4-13(12)15/h3-4,6,9,11,18-19H,5,7-8H2,1-2H3. The molecule has 1 aliphatic heterocycles. The molecule has 1 saturated heterocycles. The number of benzene rings is 1. The van der Waals surface area contributed by atoms with Gasteiger partial charge in [0, 0.05) is 19.1 Å². The monoisotopic (exact) mass is 298 g/mol. The number of halogens is 1. The van der Waals surface area contributed by atoms with Crippen LogP contribution in [-0.4, -0.2) is 65.3 Å². The van der Waals surface area contributed by atoms with Crippen LogP contribution in [0.1, 0.15) is 16.8 Å². The van der Waals surface area contributed by atoms with Gasteiger partial charge in [0.05, 0.1) is 16.7 Å². The van der Waals surface area contributed by atoms with Crippen LogP contribution in [0.3, 0.4) is 0 Å². The van der Waals surface area contributed by atoms with Crippen LogP contribution < -0.4 is 0 Å². The van der Waals surface area contributed by atoms with Crippen LogP contribution in [0.15, 0.2) is 18.2 Å². The highest BCUT2D eigenvalue weighted by Gasteiger charge is 2.35. The van der Waals surface area contributed by atoms with Crippen molar-refractivity contribution in [2.45, 2.75) is 18.6 Å². The lowest BCUT2D eigenvalue weighted by Gasteiger charge is -2.27. The van der Waals surface area contributed by atoms with Crippen LogP contribution in [0.5, 0.6) is 5.75 Å². The number of phenolic OH excluding ortho intramolecular Hbond substituents is 1. The number of hydrogen-bond acceptors (Lipinski definition) is 4. The third-order valence-corrected chi connectivity index (χ3v) is 3.74. The second-order valence-electron chi connectivity index (χ2n) is 5.43. The number of likely N-dealkylation sites (tertiary alicyclic amines) is 1. The van der Waals surface area contributed by atoms with Gasteiger partial charge in [-0.2, -0.15) is 0 Å². The maximum atomic E-state index is 12.6. The fourth-order valence-corrected chi connectivity index (χ4v) is 2.77. The van der Waals surface area contributed by atoms with E-state index < -0.39 is 6.10 Å². The highest BCUT2D eigenvalue weighted by molar-refractivity contribution is 6.33. The van der Waals surface area contributed by atoms with Gasteiger partial charge in [0.15, 0.2) is 0 Å². The molecule has 2 unspecified atom stereocenters. The Hall–Kier alpha value is -1.30. The van der Waals surface area contributed by atoms with Crippen molar-refractivity contribution in [1.29, 1.82) is 0 Å². The summed E-state index contributed by atoms with van der Waals surface area (Å²) in [5.41, 5.74) is 0.268. The summed E-state index contributed by atoms with van der Waals surface area (Å²) in [7, 11) is 3.85. The summed E-state index contributed by atoms with van der Waals surface area (Å²) in [6.45, 7) is 0.975. The first-order valence-corrected chi connectivity index (χ1v) is 6.88. The van der Waals surface area contributed by atoms with E-state index in [-0.39, 0.29) is 23.3 Å². The van der Waals surface area contributed by atoms with E-state index in [1.807, 2.05) is 19.0 Å². The van der Waals surface area contributed by atoms with Crippen molar-refractivity contribution in [3.8, 4) is 5.75 Å². The SMILES string of the molecule is CN(C)CC1CC(O)CN1C(=O)c1cc(O)ccc1Cl. The van der Waals surface area contributed by atoms with Crippen LogP contribution >= 0.6 is 11.6 Å². The molecule has 2 atom stereocenters. The van der Waals surface area contributed by atoms with Gasteiger partial charge in [-0.05, 0) is 38.7 Å². The fraction of sp³-hybridized carbons (Fsp3) is 0.500. The second kappa shape index (κ2) is 5.99. The van der Waals surface area contributed by atoms with Crippen LogP contribution in [0, 0.1) is 0 Å². The second-order valence-corrected chi connectivity index (χ2v) is 5.83. The van der Waals surface area contributed by atoms with Crippen LogP contribution in [0.2, 0.25) is 5.02 Å². The molecule has 1 fully saturated rings. The van der Waals surface area contributed by atoms with Gasteiger partial charge in [-0.25, -0.2) is 0 Å². The van der Waals surface area contributed by atoms with Gasteiger partial charge in [-0.15, -0.1) is 0 Å². The van der Waals surface area contributed by atoms with E-state index >= 15 is 0 Å². The zero-order valence-corrected chi connectivity index (χ0v) is 12.3. The minimum absolute atomic E-state index is 0.00153. The van der Waals surface area contributed by atoms with Gasteiger partial charge in [0.1, 0.15) is 5.75 Å². The van der Waals surface area contributed by atoms with Crippen molar-refractivity contribution in [3.63, 3.8) is 0 Å². The molecule has 0 saturated carbocycles. The molecule has 0 spiro atoms. The van der Waals surface area contributed by atoms with Gasteiger partial charge in [0.25, 0.3) is 5.91 Å². The van der Waals surface area contributed by atoms with E-state index in [1.165, 1.54) is 18.2 Å².